The number of hydrazine groups is 1. The number of fused-ring (bicyclic) bond motifs is 1. The highest BCUT2D eigenvalue weighted by atomic mass is 32.1. The van der Waals surface area contributed by atoms with E-state index in [1.165, 1.54) is 29.8 Å². The number of nitrogens with two attached hydrogens (primary N) is 2. The van der Waals surface area contributed by atoms with Gasteiger partial charge in [-0.15, -0.1) is 11.3 Å². The maximum atomic E-state index is 13.3. The number of aromatic nitrogens is 2. The van der Waals surface area contributed by atoms with Crippen molar-refractivity contribution < 1.29 is 18.7 Å². The van der Waals surface area contributed by atoms with E-state index >= 15 is 0 Å². The third kappa shape index (κ3) is 4.76. The highest BCUT2D eigenvalue weighted by molar-refractivity contribution is 7.17. The van der Waals surface area contributed by atoms with E-state index in [1.807, 2.05) is 5.38 Å². The lowest BCUT2D eigenvalue weighted by molar-refractivity contribution is 0.244. The molecule has 0 saturated carbocycles. The summed E-state index contributed by atoms with van der Waals surface area (Å²) in [5.74, 6) is 6.37. The standard InChI is InChI=1S/C22H20FN5O3S/c23-15-4-2-14(3-5-15)18-12-32-21-19(18)20(26-13-27-21)31-11-1-10-30-17-8-6-16(7-9-17)28(25)22(24)29/h2-9,12-13H,1,10-11,25H2,(H2,24,29). The molecule has 0 unspecified atom stereocenters. The Hall–Kier alpha value is -3.76. The second kappa shape index (κ2) is 9.58. The largest absolute Gasteiger partial charge is 0.493 e. The van der Waals surface area contributed by atoms with Crippen LogP contribution in [0.1, 0.15) is 6.42 Å². The highest BCUT2D eigenvalue weighted by Crippen LogP contribution is 2.37. The number of carbonyl (C=O) groups excluding carboxylic acids is 1. The smallest absolute Gasteiger partial charge is 0.333 e. The molecule has 32 heavy (non-hydrogen) atoms. The molecule has 0 aliphatic carbocycles. The number of benzene rings is 2. The number of hydrogen-bond acceptors (Lipinski definition) is 7. The fourth-order valence-electron chi connectivity index (χ4n) is 3.05. The number of urea groups is 1. The van der Waals surface area contributed by atoms with E-state index in [9.17, 15) is 9.18 Å². The van der Waals surface area contributed by atoms with E-state index in [1.54, 1.807) is 36.4 Å². The van der Waals surface area contributed by atoms with Crippen molar-refractivity contribution in [1.29, 1.82) is 0 Å². The fraction of sp³-hybridized carbons (Fsp3) is 0.136. The monoisotopic (exact) mass is 453 g/mol. The molecular formula is C22H20FN5O3S. The molecule has 0 aliphatic heterocycles. The van der Waals surface area contributed by atoms with Gasteiger partial charge < -0.3 is 15.2 Å². The molecule has 4 rings (SSSR count). The minimum atomic E-state index is -0.747. The molecule has 0 bridgehead atoms. The molecule has 2 heterocycles. The molecule has 0 atom stereocenters. The summed E-state index contributed by atoms with van der Waals surface area (Å²) in [4.78, 5) is 20.5. The lowest BCUT2D eigenvalue weighted by Gasteiger charge is -2.14. The molecule has 10 heteroatoms. The van der Waals surface area contributed by atoms with Crippen LogP contribution >= 0.6 is 11.3 Å². The second-order valence-electron chi connectivity index (χ2n) is 6.77. The van der Waals surface area contributed by atoms with Crippen molar-refractivity contribution in [3.05, 3.63) is 66.1 Å². The van der Waals surface area contributed by atoms with Crippen LogP contribution in [0.5, 0.6) is 11.6 Å². The number of primary amides is 1. The van der Waals surface area contributed by atoms with E-state index in [-0.39, 0.29) is 5.82 Å². The molecule has 2 aromatic carbocycles. The number of ether oxygens (including phenoxy) is 2. The number of halogens is 1. The highest BCUT2D eigenvalue weighted by Gasteiger charge is 2.14. The summed E-state index contributed by atoms with van der Waals surface area (Å²) in [7, 11) is 0. The van der Waals surface area contributed by atoms with Gasteiger partial charge in [-0.3, -0.25) is 0 Å². The van der Waals surface area contributed by atoms with Crippen LogP contribution in [0.3, 0.4) is 0 Å². The normalized spacial score (nSPS) is 10.8. The van der Waals surface area contributed by atoms with Crippen LogP contribution in [0.15, 0.2) is 60.2 Å². The molecule has 0 spiro atoms. The van der Waals surface area contributed by atoms with Crippen LogP contribution in [-0.4, -0.2) is 29.2 Å². The summed E-state index contributed by atoms with van der Waals surface area (Å²) in [6, 6.07) is 12.2. The fourth-order valence-corrected chi connectivity index (χ4v) is 3.95. The number of anilines is 1. The minimum absolute atomic E-state index is 0.288. The average molecular weight is 453 g/mol. The zero-order valence-corrected chi connectivity index (χ0v) is 17.7. The summed E-state index contributed by atoms with van der Waals surface area (Å²) in [6.07, 6.45) is 2.08. The van der Waals surface area contributed by atoms with Gasteiger partial charge in [0.25, 0.3) is 0 Å². The van der Waals surface area contributed by atoms with E-state index < -0.39 is 6.03 Å². The Balaban J connectivity index is 1.35. The van der Waals surface area contributed by atoms with Crippen LogP contribution < -0.4 is 26.1 Å². The van der Waals surface area contributed by atoms with Crippen molar-refractivity contribution in [2.24, 2.45) is 11.6 Å². The van der Waals surface area contributed by atoms with E-state index in [0.717, 1.165) is 26.4 Å². The number of amides is 2. The van der Waals surface area contributed by atoms with Gasteiger partial charge in [0, 0.05) is 17.4 Å². The van der Waals surface area contributed by atoms with E-state index in [4.69, 9.17) is 21.1 Å². The minimum Gasteiger partial charge on any atom is -0.493 e. The van der Waals surface area contributed by atoms with Crippen molar-refractivity contribution in [2.75, 3.05) is 18.2 Å². The molecule has 8 nitrogen and oxygen atoms in total. The molecule has 0 radical (unpaired) electrons. The molecule has 2 aromatic heterocycles. The van der Waals surface area contributed by atoms with Gasteiger partial charge in [-0.1, -0.05) is 12.1 Å². The first-order valence-corrected chi connectivity index (χ1v) is 10.6. The summed E-state index contributed by atoms with van der Waals surface area (Å²) >= 11 is 1.48. The van der Waals surface area contributed by atoms with Crippen molar-refractivity contribution in [2.45, 2.75) is 6.42 Å². The Labute approximate surface area is 187 Å². The lowest BCUT2D eigenvalue weighted by atomic mass is 10.1. The lowest BCUT2D eigenvalue weighted by Crippen LogP contribution is -2.41. The molecule has 2 amide bonds. The average Bonchev–Trinajstić information content (AvgIpc) is 3.24. The predicted octanol–water partition coefficient (Wildman–Crippen LogP) is 4.10. The molecule has 164 valence electrons. The molecule has 0 fully saturated rings. The summed E-state index contributed by atoms with van der Waals surface area (Å²) in [5.41, 5.74) is 7.38. The van der Waals surface area contributed by atoms with Gasteiger partial charge >= 0.3 is 6.03 Å². The quantitative estimate of drug-likeness (QED) is 0.180. The zero-order chi connectivity index (χ0) is 22.5. The Morgan fingerprint density at radius 1 is 1.03 bits per heavy atom. The van der Waals surface area contributed by atoms with Crippen molar-refractivity contribution in [3.8, 4) is 22.8 Å². The summed E-state index contributed by atoms with van der Waals surface area (Å²) in [6.45, 7) is 0.811. The topological polar surface area (TPSA) is 117 Å². The molecule has 4 N–H and O–H groups in total. The first kappa shape index (κ1) is 21.5. The van der Waals surface area contributed by atoms with Gasteiger partial charge in [-0.25, -0.2) is 30.0 Å². The predicted molar refractivity (Wildman–Crippen MR) is 121 cm³/mol. The number of carbonyl (C=O) groups is 1. The van der Waals surface area contributed by atoms with Crippen molar-refractivity contribution >= 4 is 33.3 Å². The zero-order valence-electron chi connectivity index (χ0n) is 16.9. The third-order valence-corrected chi connectivity index (χ3v) is 5.53. The van der Waals surface area contributed by atoms with Gasteiger partial charge in [-0.05, 0) is 42.0 Å². The Morgan fingerprint density at radius 2 is 1.75 bits per heavy atom. The maximum Gasteiger partial charge on any atom is 0.333 e. The van der Waals surface area contributed by atoms with Crippen molar-refractivity contribution in [1.82, 2.24) is 9.97 Å². The molecule has 4 aromatic rings. The van der Waals surface area contributed by atoms with E-state index in [2.05, 4.69) is 9.97 Å². The van der Waals surface area contributed by atoms with Crippen LogP contribution in [0.25, 0.3) is 21.3 Å². The number of thiophene rings is 1. The Kier molecular flexibility index (Phi) is 6.43. The van der Waals surface area contributed by atoms with Crippen LogP contribution in [-0.2, 0) is 0 Å². The first-order chi connectivity index (χ1) is 15.5. The molecule has 0 aliphatic rings. The third-order valence-electron chi connectivity index (χ3n) is 4.64. The first-order valence-electron chi connectivity index (χ1n) is 9.71. The molecule has 0 saturated heterocycles. The van der Waals surface area contributed by atoms with Gasteiger partial charge in [0.1, 0.15) is 22.7 Å². The van der Waals surface area contributed by atoms with Gasteiger partial charge in [0.2, 0.25) is 5.88 Å². The Bertz CT molecular complexity index is 1210. The number of nitrogens with zero attached hydrogens (tertiary/aromatic N) is 3. The maximum absolute atomic E-state index is 13.3. The summed E-state index contributed by atoms with van der Waals surface area (Å²) in [5, 5.41) is 3.62. The van der Waals surface area contributed by atoms with Crippen LogP contribution in [0.2, 0.25) is 0 Å². The van der Waals surface area contributed by atoms with Gasteiger partial charge in [0.15, 0.2) is 0 Å². The van der Waals surface area contributed by atoms with Gasteiger partial charge in [0.05, 0.1) is 24.3 Å². The second-order valence-corrected chi connectivity index (χ2v) is 7.63. The van der Waals surface area contributed by atoms with Crippen LogP contribution in [0, 0.1) is 5.82 Å². The van der Waals surface area contributed by atoms with Crippen molar-refractivity contribution in [3.63, 3.8) is 0 Å². The molecular weight excluding hydrogens is 433 g/mol. The van der Waals surface area contributed by atoms with Crippen LogP contribution in [0.4, 0.5) is 14.9 Å². The van der Waals surface area contributed by atoms with E-state index in [0.29, 0.717) is 37.0 Å². The van der Waals surface area contributed by atoms with Gasteiger partial charge in [-0.2, -0.15) is 0 Å². The SMILES string of the molecule is NC(=O)N(N)c1ccc(OCCCOc2ncnc3scc(-c4ccc(F)cc4)c23)cc1. The number of hydrogen-bond donors (Lipinski definition) is 2. The Morgan fingerprint density at radius 3 is 2.47 bits per heavy atom. The number of rotatable bonds is 8. The summed E-state index contributed by atoms with van der Waals surface area (Å²) < 4.78 is 24.9.